The zero-order valence-electron chi connectivity index (χ0n) is 14.5. The van der Waals surface area contributed by atoms with Gasteiger partial charge in [0.15, 0.2) is 5.96 Å². The first-order valence-electron chi connectivity index (χ1n) is 8.07. The highest BCUT2D eigenvalue weighted by Gasteiger charge is 2.30. The van der Waals surface area contributed by atoms with Crippen LogP contribution in [0.25, 0.3) is 0 Å². The van der Waals surface area contributed by atoms with E-state index in [-0.39, 0.29) is 5.75 Å². The summed E-state index contributed by atoms with van der Waals surface area (Å²) in [6.45, 7) is 3.62. The minimum Gasteiger partial charge on any atom is -0.406 e. The monoisotopic (exact) mass is 370 g/mol. The molecule has 0 atom stereocenters. The predicted octanol–water partition coefficient (Wildman–Crippen LogP) is 2.01. The molecular weight excluding hydrogens is 349 g/mol. The summed E-state index contributed by atoms with van der Waals surface area (Å²) >= 11 is 0. The van der Waals surface area contributed by atoms with E-state index in [2.05, 4.69) is 30.4 Å². The number of halogens is 3. The van der Waals surface area contributed by atoms with Crippen LogP contribution >= 0.6 is 0 Å². The Labute approximate surface area is 149 Å². The summed E-state index contributed by atoms with van der Waals surface area (Å²) in [6, 6.07) is 5.81. The summed E-state index contributed by atoms with van der Waals surface area (Å²) in [5.41, 5.74) is 0.885. The van der Waals surface area contributed by atoms with Gasteiger partial charge in [-0.2, -0.15) is 5.10 Å². The van der Waals surface area contributed by atoms with Gasteiger partial charge >= 0.3 is 6.36 Å². The van der Waals surface area contributed by atoms with E-state index in [0.717, 1.165) is 11.4 Å². The van der Waals surface area contributed by atoms with E-state index >= 15 is 0 Å². The standard InChI is InChI=1S/C16H21F3N6O/c1-3-20-15(22-10-14-23-11-24-25(14)2)21-9-8-12-4-6-13(7-5-12)26-16(17,18)19/h4-7,11H,3,8-10H2,1-2H3,(H2,20,21,22). The smallest absolute Gasteiger partial charge is 0.406 e. The molecule has 0 bridgehead atoms. The van der Waals surface area contributed by atoms with Crippen molar-refractivity contribution in [3.63, 3.8) is 0 Å². The Morgan fingerprint density at radius 3 is 2.54 bits per heavy atom. The Hall–Kier alpha value is -2.78. The molecule has 0 saturated heterocycles. The molecule has 1 aromatic heterocycles. The van der Waals surface area contributed by atoms with Crippen LogP contribution in [0.4, 0.5) is 13.2 Å². The lowest BCUT2D eigenvalue weighted by atomic mass is 10.1. The second-order valence-electron chi connectivity index (χ2n) is 5.36. The van der Waals surface area contributed by atoms with Crippen LogP contribution in [-0.4, -0.2) is 40.2 Å². The van der Waals surface area contributed by atoms with Crippen LogP contribution in [-0.2, 0) is 20.0 Å². The van der Waals surface area contributed by atoms with Crippen LogP contribution in [0.2, 0.25) is 0 Å². The Balaban J connectivity index is 1.84. The number of benzene rings is 1. The van der Waals surface area contributed by atoms with Crippen molar-refractivity contribution >= 4 is 5.96 Å². The molecule has 0 aliphatic heterocycles. The fraction of sp³-hybridized carbons (Fsp3) is 0.438. The lowest BCUT2D eigenvalue weighted by Crippen LogP contribution is -2.38. The molecule has 0 amide bonds. The number of aliphatic imine (C=N–C) groups is 1. The number of aryl methyl sites for hydroxylation is 1. The zero-order chi connectivity index (χ0) is 19.0. The third-order valence-electron chi connectivity index (χ3n) is 3.39. The minimum absolute atomic E-state index is 0.229. The summed E-state index contributed by atoms with van der Waals surface area (Å²) in [5.74, 6) is 1.14. The van der Waals surface area contributed by atoms with Crippen molar-refractivity contribution in [2.45, 2.75) is 26.3 Å². The van der Waals surface area contributed by atoms with Crippen LogP contribution < -0.4 is 15.4 Å². The van der Waals surface area contributed by atoms with Crippen molar-refractivity contribution < 1.29 is 17.9 Å². The summed E-state index contributed by atoms with van der Waals surface area (Å²) in [7, 11) is 1.80. The van der Waals surface area contributed by atoms with Crippen LogP contribution in [0.3, 0.4) is 0 Å². The van der Waals surface area contributed by atoms with E-state index in [1.807, 2.05) is 6.92 Å². The predicted molar refractivity (Wildman–Crippen MR) is 90.7 cm³/mol. The lowest BCUT2D eigenvalue weighted by Gasteiger charge is -2.12. The maximum Gasteiger partial charge on any atom is 0.573 e. The third-order valence-corrected chi connectivity index (χ3v) is 3.39. The molecule has 0 unspecified atom stereocenters. The molecule has 1 heterocycles. The van der Waals surface area contributed by atoms with E-state index in [9.17, 15) is 13.2 Å². The van der Waals surface area contributed by atoms with Crippen LogP contribution in [0.15, 0.2) is 35.6 Å². The minimum atomic E-state index is -4.68. The fourth-order valence-corrected chi connectivity index (χ4v) is 2.14. The summed E-state index contributed by atoms with van der Waals surface area (Å²) in [6.07, 6.45) is -2.58. The number of nitrogens with zero attached hydrogens (tertiary/aromatic N) is 4. The van der Waals surface area contributed by atoms with Gasteiger partial charge in [-0.3, -0.25) is 4.68 Å². The van der Waals surface area contributed by atoms with Crippen molar-refractivity contribution in [1.82, 2.24) is 25.4 Å². The number of ether oxygens (including phenoxy) is 1. The van der Waals surface area contributed by atoms with Crippen LogP contribution in [0.5, 0.6) is 5.75 Å². The molecule has 0 spiro atoms. The highest BCUT2D eigenvalue weighted by atomic mass is 19.4. The van der Waals surface area contributed by atoms with E-state index in [1.54, 1.807) is 23.9 Å². The maximum absolute atomic E-state index is 12.1. The van der Waals surface area contributed by atoms with Crippen molar-refractivity contribution in [1.29, 1.82) is 0 Å². The topological polar surface area (TPSA) is 76.4 Å². The number of hydrogen-bond acceptors (Lipinski definition) is 4. The molecule has 2 N–H and O–H groups in total. The molecule has 142 valence electrons. The Bertz CT molecular complexity index is 712. The molecule has 0 fully saturated rings. The molecule has 0 saturated carbocycles. The summed E-state index contributed by atoms with van der Waals surface area (Å²) in [4.78, 5) is 8.54. The van der Waals surface area contributed by atoms with E-state index < -0.39 is 6.36 Å². The van der Waals surface area contributed by atoms with Crippen molar-refractivity contribution in [3.05, 3.63) is 42.0 Å². The normalized spacial score (nSPS) is 12.1. The largest absolute Gasteiger partial charge is 0.573 e. The molecular formula is C16H21F3N6O. The molecule has 26 heavy (non-hydrogen) atoms. The van der Waals surface area contributed by atoms with Gasteiger partial charge < -0.3 is 15.4 Å². The molecule has 0 aliphatic carbocycles. The number of guanidine groups is 1. The first-order chi connectivity index (χ1) is 12.4. The molecule has 7 nitrogen and oxygen atoms in total. The Kier molecular flexibility index (Phi) is 6.81. The van der Waals surface area contributed by atoms with Crippen LogP contribution in [0, 0.1) is 0 Å². The molecule has 10 heteroatoms. The van der Waals surface area contributed by atoms with Gasteiger partial charge in [-0.05, 0) is 31.0 Å². The second-order valence-corrected chi connectivity index (χ2v) is 5.36. The average Bonchev–Trinajstić information content (AvgIpc) is 2.98. The van der Waals surface area contributed by atoms with Crippen molar-refractivity contribution in [2.75, 3.05) is 13.1 Å². The SMILES string of the molecule is CCNC(=NCc1ncnn1C)NCCc1ccc(OC(F)(F)F)cc1. The first kappa shape index (κ1) is 19.5. The van der Waals surface area contributed by atoms with Gasteiger partial charge in [0.1, 0.15) is 24.4 Å². The van der Waals surface area contributed by atoms with Gasteiger partial charge in [-0.1, -0.05) is 12.1 Å². The van der Waals surface area contributed by atoms with Gasteiger partial charge in [-0.15, -0.1) is 13.2 Å². The fourth-order valence-electron chi connectivity index (χ4n) is 2.14. The molecule has 0 aliphatic rings. The third kappa shape index (κ3) is 6.61. The first-order valence-corrected chi connectivity index (χ1v) is 8.07. The van der Waals surface area contributed by atoms with Gasteiger partial charge in [0.05, 0.1) is 0 Å². The molecule has 2 aromatic rings. The average molecular weight is 370 g/mol. The van der Waals surface area contributed by atoms with Gasteiger partial charge in [0.2, 0.25) is 0 Å². The second kappa shape index (κ2) is 9.07. The number of nitrogens with one attached hydrogen (secondary N) is 2. The summed E-state index contributed by atoms with van der Waals surface area (Å²) in [5, 5.41) is 10.3. The van der Waals surface area contributed by atoms with Crippen LogP contribution in [0.1, 0.15) is 18.3 Å². The number of rotatable bonds is 7. The molecule has 0 radical (unpaired) electrons. The van der Waals surface area contributed by atoms with Gasteiger partial charge in [-0.25, -0.2) is 9.98 Å². The van der Waals surface area contributed by atoms with Crippen molar-refractivity contribution in [3.8, 4) is 5.75 Å². The Morgan fingerprint density at radius 1 is 1.23 bits per heavy atom. The van der Waals surface area contributed by atoms with Gasteiger partial charge in [0, 0.05) is 20.1 Å². The quantitative estimate of drug-likeness (QED) is 0.576. The highest BCUT2D eigenvalue weighted by molar-refractivity contribution is 5.79. The Morgan fingerprint density at radius 2 is 1.96 bits per heavy atom. The summed E-state index contributed by atoms with van der Waals surface area (Å²) < 4.78 is 41.9. The molecule has 2 rings (SSSR count). The van der Waals surface area contributed by atoms with E-state index in [4.69, 9.17) is 0 Å². The maximum atomic E-state index is 12.1. The zero-order valence-corrected chi connectivity index (χ0v) is 14.5. The number of aromatic nitrogens is 3. The van der Waals surface area contributed by atoms with Gasteiger partial charge in [0.25, 0.3) is 0 Å². The molecule has 1 aromatic carbocycles. The van der Waals surface area contributed by atoms with Crippen molar-refractivity contribution in [2.24, 2.45) is 12.0 Å². The number of hydrogen-bond donors (Lipinski definition) is 2. The highest BCUT2D eigenvalue weighted by Crippen LogP contribution is 2.22. The lowest BCUT2D eigenvalue weighted by molar-refractivity contribution is -0.274. The van der Waals surface area contributed by atoms with E-state index in [0.29, 0.717) is 32.0 Å². The van der Waals surface area contributed by atoms with E-state index in [1.165, 1.54) is 18.5 Å². The number of alkyl halides is 3.